The van der Waals surface area contributed by atoms with Gasteiger partial charge in [0.2, 0.25) is 0 Å². The van der Waals surface area contributed by atoms with Gasteiger partial charge in [0, 0.05) is 50.3 Å². The van der Waals surface area contributed by atoms with Crippen molar-refractivity contribution in [1.29, 1.82) is 0 Å². The molecule has 3 aromatic rings. The zero-order chi connectivity index (χ0) is 26.3. The molecule has 1 amide bonds. The monoisotopic (exact) mass is 523 g/mol. The maximum Gasteiger partial charge on any atom is 0.412 e. The van der Waals surface area contributed by atoms with E-state index in [0.29, 0.717) is 48.5 Å². The summed E-state index contributed by atoms with van der Waals surface area (Å²) in [6.07, 6.45) is 10.5. The highest BCUT2D eigenvalue weighted by Crippen LogP contribution is 2.34. The Morgan fingerprint density at radius 3 is 2.70 bits per heavy atom. The lowest BCUT2D eigenvalue weighted by Crippen LogP contribution is -2.32. The van der Waals surface area contributed by atoms with Crippen LogP contribution < -0.4 is 10.1 Å². The van der Waals surface area contributed by atoms with Gasteiger partial charge in [0.1, 0.15) is 24.6 Å². The lowest BCUT2D eigenvalue weighted by atomic mass is 9.89. The molecule has 10 heteroatoms. The molecule has 1 aliphatic rings. The van der Waals surface area contributed by atoms with Crippen molar-refractivity contribution in [2.75, 3.05) is 13.2 Å². The van der Waals surface area contributed by atoms with Gasteiger partial charge < -0.3 is 19.9 Å². The third-order valence-electron chi connectivity index (χ3n) is 6.59. The molecule has 9 nitrogen and oxygen atoms in total. The molecule has 2 N–H and O–H groups in total. The molecule has 2 heterocycles. The summed E-state index contributed by atoms with van der Waals surface area (Å²) in [5.74, 6) is 1.54. The van der Waals surface area contributed by atoms with Gasteiger partial charge in [-0.3, -0.25) is 9.55 Å². The van der Waals surface area contributed by atoms with Gasteiger partial charge in [-0.05, 0) is 49.1 Å². The molecule has 0 aliphatic heterocycles. The number of ether oxygens (including phenoxy) is 2. The topological polar surface area (TPSA) is 111 Å². The van der Waals surface area contributed by atoms with Crippen molar-refractivity contribution in [3.8, 4) is 34.0 Å². The summed E-state index contributed by atoms with van der Waals surface area (Å²) < 4.78 is 13.2. The van der Waals surface area contributed by atoms with Gasteiger partial charge in [0.05, 0.1) is 0 Å². The number of benzene rings is 1. The minimum Gasteiger partial charge on any atom is -0.507 e. The summed E-state index contributed by atoms with van der Waals surface area (Å²) in [5.41, 5.74) is 1.90. The van der Waals surface area contributed by atoms with Crippen molar-refractivity contribution in [3.05, 3.63) is 43.0 Å². The highest BCUT2D eigenvalue weighted by molar-refractivity contribution is 6.76. The average molecular weight is 524 g/mol. The van der Waals surface area contributed by atoms with Gasteiger partial charge in [-0.1, -0.05) is 38.9 Å². The lowest BCUT2D eigenvalue weighted by Gasteiger charge is -2.21. The van der Waals surface area contributed by atoms with Gasteiger partial charge in [-0.25, -0.2) is 4.79 Å². The second kappa shape index (κ2) is 12.3. The van der Waals surface area contributed by atoms with Gasteiger partial charge in [0.15, 0.2) is 5.82 Å². The first-order valence-electron chi connectivity index (χ1n) is 13.0. The van der Waals surface area contributed by atoms with Gasteiger partial charge in [-0.2, -0.15) is 0 Å². The molecule has 1 aromatic carbocycles. The fourth-order valence-electron chi connectivity index (χ4n) is 4.40. The molecule has 0 unspecified atom stereocenters. The molecule has 0 bridgehead atoms. The number of nitrogens with zero attached hydrogens (tertiary/aromatic N) is 4. The molecule has 2 aromatic heterocycles. The first-order chi connectivity index (χ1) is 17.8. The first-order valence-corrected chi connectivity index (χ1v) is 16.7. The Labute approximate surface area is 219 Å². The van der Waals surface area contributed by atoms with Crippen molar-refractivity contribution in [2.45, 2.75) is 64.5 Å². The van der Waals surface area contributed by atoms with Crippen LogP contribution in [0.15, 0.2) is 43.0 Å². The zero-order valence-corrected chi connectivity index (χ0v) is 22.9. The highest BCUT2D eigenvalue weighted by Gasteiger charge is 2.17. The smallest absolute Gasteiger partial charge is 0.412 e. The second-order valence-electron chi connectivity index (χ2n) is 10.9. The summed E-state index contributed by atoms with van der Waals surface area (Å²) in [4.78, 5) is 16.7. The fraction of sp³-hybridized carbons (Fsp3) is 0.481. The predicted octanol–water partition coefficient (Wildman–Crippen LogP) is 5.69. The summed E-state index contributed by atoms with van der Waals surface area (Å²) in [6.45, 7) is 8.62. The van der Waals surface area contributed by atoms with E-state index in [1.807, 2.05) is 10.6 Å². The number of nitrogens with one attached hydrogen (secondary N) is 1. The van der Waals surface area contributed by atoms with E-state index in [2.05, 4.69) is 40.1 Å². The Hall–Kier alpha value is -3.24. The largest absolute Gasteiger partial charge is 0.507 e. The van der Waals surface area contributed by atoms with Gasteiger partial charge in [0.25, 0.3) is 0 Å². The molecular weight excluding hydrogens is 486 g/mol. The summed E-state index contributed by atoms with van der Waals surface area (Å²) in [6, 6.07) is 7.68. The van der Waals surface area contributed by atoms with E-state index in [9.17, 15) is 9.90 Å². The van der Waals surface area contributed by atoms with E-state index in [0.717, 1.165) is 24.4 Å². The molecule has 0 saturated heterocycles. The molecule has 1 saturated carbocycles. The van der Waals surface area contributed by atoms with Gasteiger partial charge >= 0.3 is 6.09 Å². The van der Waals surface area contributed by atoms with Crippen LogP contribution in [0.3, 0.4) is 0 Å². The Bertz CT molecular complexity index is 1190. The van der Waals surface area contributed by atoms with Crippen LogP contribution in [0.2, 0.25) is 25.7 Å². The van der Waals surface area contributed by atoms with Crippen molar-refractivity contribution in [3.63, 3.8) is 0 Å². The van der Waals surface area contributed by atoms with Crippen molar-refractivity contribution < 1.29 is 19.4 Å². The number of hydrogen-bond donors (Lipinski definition) is 2. The van der Waals surface area contributed by atoms with Crippen LogP contribution in [-0.2, 0) is 11.5 Å². The second-order valence-corrected chi connectivity index (χ2v) is 16.5. The number of aromatic hydroxyl groups is 1. The average Bonchev–Trinajstić information content (AvgIpc) is 3.35. The Morgan fingerprint density at radius 2 is 1.92 bits per heavy atom. The Balaban J connectivity index is 1.43. The van der Waals surface area contributed by atoms with Crippen LogP contribution in [0.4, 0.5) is 4.79 Å². The maximum atomic E-state index is 12.4. The molecule has 1 fully saturated rings. The normalized spacial score (nSPS) is 14.5. The van der Waals surface area contributed by atoms with Crippen molar-refractivity contribution in [2.24, 2.45) is 5.92 Å². The molecule has 4 rings (SSSR count). The number of carbonyl (C=O) groups excluding carboxylic acids is 1. The van der Waals surface area contributed by atoms with E-state index in [4.69, 9.17) is 9.47 Å². The molecule has 37 heavy (non-hydrogen) atoms. The minimum absolute atomic E-state index is 0.0602. The Morgan fingerprint density at radius 1 is 1.14 bits per heavy atom. The third-order valence-corrected chi connectivity index (χ3v) is 8.29. The van der Waals surface area contributed by atoms with Crippen LogP contribution in [0.5, 0.6) is 11.5 Å². The number of rotatable bonds is 10. The van der Waals surface area contributed by atoms with E-state index in [1.165, 1.54) is 25.3 Å². The molecular formula is C27H37N5O4Si. The van der Waals surface area contributed by atoms with Crippen LogP contribution in [0, 0.1) is 5.92 Å². The number of amides is 1. The Kier molecular flexibility index (Phi) is 8.94. The minimum atomic E-state index is -1.17. The van der Waals surface area contributed by atoms with E-state index < -0.39 is 14.2 Å². The van der Waals surface area contributed by atoms with E-state index >= 15 is 0 Å². The number of phenolic OH excluding ortho intramolecular Hbond substituents is 1. The molecule has 198 valence electrons. The molecule has 0 atom stereocenters. The third kappa shape index (κ3) is 7.87. The van der Waals surface area contributed by atoms with Gasteiger partial charge in [-0.15, -0.1) is 10.2 Å². The number of pyridine rings is 1. The van der Waals surface area contributed by atoms with Crippen LogP contribution in [-0.4, -0.2) is 52.2 Å². The standard InChI is InChI=1S/C27H37N5O4Si/c1-37(2,3)12-11-35-19-32-18-30-31-26(32)22-13-21(16-28-17-22)24-14-23(9-10-25(24)33)36-27(34)29-15-20-7-5-4-6-8-20/h9-10,13-14,16-18,20,33H,4-8,11-12,15,19H2,1-3H3,(H,29,34). The molecule has 0 spiro atoms. The summed E-state index contributed by atoms with van der Waals surface area (Å²) in [7, 11) is -1.17. The fourth-order valence-corrected chi connectivity index (χ4v) is 5.15. The van der Waals surface area contributed by atoms with Crippen LogP contribution in [0.1, 0.15) is 32.1 Å². The van der Waals surface area contributed by atoms with Crippen LogP contribution in [0.25, 0.3) is 22.5 Å². The van der Waals surface area contributed by atoms with Crippen molar-refractivity contribution in [1.82, 2.24) is 25.1 Å². The number of carbonyl (C=O) groups is 1. The number of aromatic nitrogens is 4. The van der Waals surface area contributed by atoms with E-state index in [-0.39, 0.29) is 5.75 Å². The summed E-state index contributed by atoms with van der Waals surface area (Å²) in [5, 5.41) is 21.7. The molecule has 0 radical (unpaired) electrons. The lowest BCUT2D eigenvalue weighted by molar-refractivity contribution is 0.0880. The number of phenols is 1. The predicted molar refractivity (Wildman–Crippen MR) is 145 cm³/mol. The first kappa shape index (κ1) is 26.8. The quantitative estimate of drug-likeness (QED) is 0.259. The molecule has 1 aliphatic carbocycles. The SMILES string of the molecule is C[Si](C)(C)CCOCn1cnnc1-c1cncc(-c2cc(OC(=O)NCC3CCCCC3)ccc2O)c1. The summed E-state index contributed by atoms with van der Waals surface area (Å²) >= 11 is 0. The van der Waals surface area contributed by atoms with E-state index in [1.54, 1.807) is 30.9 Å². The number of hydrogen-bond acceptors (Lipinski definition) is 7. The highest BCUT2D eigenvalue weighted by atomic mass is 28.3. The zero-order valence-electron chi connectivity index (χ0n) is 21.9. The van der Waals surface area contributed by atoms with Crippen molar-refractivity contribution >= 4 is 14.2 Å². The van der Waals surface area contributed by atoms with Crippen LogP contribution >= 0.6 is 0 Å². The maximum absolute atomic E-state index is 12.4.